The number of aromatic nitrogens is 2. The van der Waals surface area contributed by atoms with Crippen LogP contribution in [-0.2, 0) is 4.79 Å². The highest BCUT2D eigenvalue weighted by molar-refractivity contribution is 5.89. The van der Waals surface area contributed by atoms with Crippen molar-refractivity contribution in [3.8, 4) is 0 Å². The van der Waals surface area contributed by atoms with E-state index in [0.29, 0.717) is 5.69 Å². The molecule has 0 spiro atoms. The van der Waals surface area contributed by atoms with E-state index in [1.54, 1.807) is 30.9 Å². The molecule has 0 aliphatic heterocycles. The smallest absolute Gasteiger partial charge is 0.319 e. The van der Waals surface area contributed by atoms with Gasteiger partial charge in [0.1, 0.15) is 0 Å². The Bertz CT molecular complexity index is 465. The number of hydrogen-bond acceptors (Lipinski definition) is 3. The van der Waals surface area contributed by atoms with Crippen molar-refractivity contribution in [2.45, 2.75) is 33.7 Å². The maximum atomic E-state index is 11.6. The number of nitrogens with one attached hydrogen (secondary N) is 2. The average Bonchev–Trinajstić information content (AvgIpc) is 2.75. The molecular weight excluding hydrogens is 248 g/mol. The first kappa shape index (κ1) is 15.0. The van der Waals surface area contributed by atoms with Crippen molar-refractivity contribution >= 4 is 17.7 Å². The third-order valence-electron chi connectivity index (χ3n) is 2.66. The Balaban J connectivity index is 2.49. The first-order chi connectivity index (χ1) is 8.72. The predicted octanol–water partition coefficient (Wildman–Crippen LogP) is 1.70. The van der Waals surface area contributed by atoms with Gasteiger partial charge in [0.25, 0.3) is 0 Å². The number of amides is 2. The minimum absolute atomic E-state index is 0.0481. The maximum Gasteiger partial charge on any atom is 0.319 e. The Labute approximate surface area is 112 Å². The molecule has 106 valence electrons. The van der Waals surface area contributed by atoms with E-state index >= 15 is 0 Å². The number of rotatable bonds is 5. The van der Waals surface area contributed by atoms with E-state index in [4.69, 9.17) is 5.11 Å². The highest BCUT2D eigenvalue weighted by Gasteiger charge is 2.27. The highest BCUT2D eigenvalue weighted by Crippen LogP contribution is 2.13. The number of carboxylic acids is 1. The fourth-order valence-electron chi connectivity index (χ4n) is 1.24. The second-order valence-electron chi connectivity index (χ2n) is 5.30. The lowest BCUT2D eigenvalue weighted by Crippen LogP contribution is -2.40. The van der Waals surface area contributed by atoms with Crippen LogP contribution >= 0.6 is 0 Å². The van der Waals surface area contributed by atoms with Crippen LogP contribution < -0.4 is 10.6 Å². The molecule has 0 atom stereocenters. The Kier molecular flexibility index (Phi) is 4.52. The Morgan fingerprint density at radius 2 is 2.11 bits per heavy atom. The Morgan fingerprint density at radius 3 is 2.58 bits per heavy atom. The second-order valence-corrected chi connectivity index (χ2v) is 5.30. The number of hydrogen-bond donors (Lipinski definition) is 3. The fourth-order valence-corrected chi connectivity index (χ4v) is 1.24. The molecule has 1 rings (SSSR count). The molecule has 1 aromatic rings. The van der Waals surface area contributed by atoms with Crippen molar-refractivity contribution in [3.63, 3.8) is 0 Å². The molecule has 3 N–H and O–H groups in total. The molecule has 1 aromatic heterocycles. The summed E-state index contributed by atoms with van der Waals surface area (Å²) < 4.78 is 1.72. The number of carboxylic acid groups (broad SMARTS) is 1. The molecule has 0 aliphatic carbocycles. The number of anilines is 1. The van der Waals surface area contributed by atoms with Crippen molar-refractivity contribution in [2.75, 3.05) is 11.9 Å². The molecule has 0 saturated carbocycles. The summed E-state index contributed by atoms with van der Waals surface area (Å²) >= 11 is 0. The fraction of sp³-hybridized carbons (Fsp3) is 0.583. The molecule has 19 heavy (non-hydrogen) atoms. The molecule has 7 nitrogen and oxygen atoms in total. The van der Waals surface area contributed by atoms with Crippen molar-refractivity contribution in [1.29, 1.82) is 0 Å². The van der Waals surface area contributed by atoms with Gasteiger partial charge in [-0.25, -0.2) is 4.79 Å². The monoisotopic (exact) mass is 268 g/mol. The molecule has 1 heterocycles. The van der Waals surface area contributed by atoms with Crippen LogP contribution in [0.2, 0.25) is 0 Å². The van der Waals surface area contributed by atoms with Crippen LogP contribution in [-0.4, -0.2) is 33.4 Å². The molecular formula is C12H20N4O3. The van der Waals surface area contributed by atoms with E-state index in [0.717, 1.165) is 0 Å². The van der Waals surface area contributed by atoms with Gasteiger partial charge in [0, 0.05) is 18.8 Å². The topological polar surface area (TPSA) is 96.2 Å². The van der Waals surface area contributed by atoms with Gasteiger partial charge in [0.05, 0.1) is 17.3 Å². The summed E-state index contributed by atoms with van der Waals surface area (Å²) in [5, 5.41) is 18.1. The zero-order chi connectivity index (χ0) is 14.6. The van der Waals surface area contributed by atoms with E-state index in [1.807, 2.05) is 13.8 Å². The molecule has 0 aliphatic rings. The average molecular weight is 268 g/mol. The Hall–Kier alpha value is -2.05. The van der Waals surface area contributed by atoms with Crippen molar-refractivity contribution in [2.24, 2.45) is 5.41 Å². The summed E-state index contributed by atoms with van der Waals surface area (Å²) in [5.41, 5.74) is -0.432. The summed E-state index contributed by atoms with van der Waals surface area (Å²) in [7, 11) is 0. The quantitative estimate of drug-likeness (QED) is 0.757. The normalized spacial score (nSPS) is 11.4. The zero-order valence-electron chi connectivity index (χ0n) is 11.6. The molecule has 0 saturated heterocycles. The van der Waals surface area contributed by atoms with E-state index in [9.17, 15) is 9.59 Å². The number of carbonyl (C=O) groups excluding carboxylic acids is 1. The summed E-state index contributed by atoms with van der Waals surface area (Å²) in [6.45, 7) is 7.10. The van der Waals surface area contributed by atoms with E-state index in [-0.39, 0.29) is 12.6 Å². The predicted molar refractivity (Wildman–Crippen MR) is 71.1 cm³/mol. The lowest BCUT2D eigenvalue weighted by atomic mass is 9.94. The Morgan fingerprint density at radius 1 is 1.47 bits per heavy atom. The van der Waals surface area contributed by atoms with E-state index in [1.165, 1.54) is 0 Å². The lowest BCUT2D eigenvalue weighted by Gasteiger charge is -2.19. The molecule has 0 aromatic carbocycles. The van der Waals surface area contributed by atoms with Crippen LogP contribution in [0.15, 0.2) is 12.4 Å². The van der Waals surface area contributed by atoms with Gasteiger partial charge in [0.2, 0.25) is 0 Å². The van der Waals surface area contributed by atoms with Crippen molar-refractivity contribution in [1.82, 2.24) is 15.1 Å². The van der Waals surface area contributed by atoms with Crippen LogP contribution in [0.4, 0.5) is 10.5 Å². The van der Waals surface area contributed by atoms with Gasteiger partial charge in [-0.1, -0.05) is 0 Å². The van der Waals surface area contributed by atoms with Crippen molar-refractivity contribution < 1.29 is 14.7 Å². The van der Waals surface area contributed by atoms with Crippen LogP contribution in [0, 0.1) is 5.41 Å². The van der Waals surface area contributed by atoms with Gasteiger partial charge >= 0.3 is 12.0 Å². The minimum Gasteiger partial charge on any atom is -0.481 e. The molecule has 0 fully saturated rings. The molecule has 7 heteroatoms. The van der Waals surface area contributed by atoms with Gasteiger partial charge in [-0.05, 0) is 27.7 Å². The maximum absolute atomic E-state index is 11.6. The molecule has 0 bridgehead atoms. The molecule has 2 amide bonds. The first-order valence-corrected chi connectivity index (χ1v) is 6.05. The van der Waals surface area contributed by atoms with Gasteiger partial charge in [0.15, 0.2) is 0 Å². The van der Waals surface area contributed by atoms with Crippen LogP contribution in [0.1, 0.15) is 33.7 Å². The van der Waals surface area contributed by atoms with Gasteiger partial charge in [-0.15, -0.1) is 0 Å². The summed E-state index contributed by atoms with van der Waals surface area (Å²) in [6.07, 6.45) is 3.26. The summed E-state index contributed by atoms with van der Waals surface area (Å²) in [6, 6.07) is -0.234. The summed E-state index contributed by atoms with van der Waals surface area (Å²) in [4.78, 5) is 22.5. The SMILES string of the molecule is CC(C)n1cc(NC(=O)NCC(C)(C)C(=O)O)cn1. The van der Waals surface area contributed by atoms with Crippen LogP contribution in [0.5, 0.6) is 0 Å². The van der Waals surface area contributed by atoms with E-state index < -0.39 is 17.4 Å². The van der Waals surface area contributed by atoms with Crippen molar-refractivity contribution in [3.05, 3.63) is 12.4 Å². The summed E-state index contributed by atoms with van der Waals surface area (Å²) in [5.74, 6) is -0.958. The highest BCUT2D eigenvalue weighted by atomic mass is 16.4. The van der Waals surface area contributed by atoms with E-state index in [2.05, 4.69) is 15.7 Å². The zero-order valence-corrected chi connectivity index (χ0v) is 11.6. The van der Waals surface area contributed by atoms with Gasteiger partial charge in [-0.3, -0.25) is 9.48 Å². The largest absolute Gasteiger partial charge is 0.481 e. The lowest BCUT2D eigenvalue weighted by molar-refractivity contribution is -0.146. The molecule has 0 radical (unpaired) electrons. The second kappa shape index (κ2) is 5.73. The van der Waals surface area contributed by atoms with Crippen LogP contribution in [0.3, 0.4) is 0 Å². The minimum atomic E-state index is -1.00. The third-order valence-corrected chi connectivity index (χ3v) is 2.66. The first-order valence-electron chi connectivity index (χ1n) is 6.05. The third kappa shape index (κ3) is 4.27. The van der Waals surface area contributed by atoms with Gasteiger partial charge < -0.3 is 15.7 Å². The number of urea groups is 1. The number of carbonyl (C=O) groups is 2. The molecule has 0 unspecified atom stereocenters. The standard InChI is InChI=1S/C12H20N4O3/c1-8(2)16-6-9(5-14-16)15-11(19)13-7-12(3,4)10(17)18/h5-6,8H,7H2,1-4H3,(H,17,18)(H2,13,15,19). The van der Waals surface area contributed by atoms with Gasteiger partial charge in [-0.2, -0.15) is 5.10 Å². The van der Waals surface area contributed by atoms with Crippen LogP contribution in [0.25, 0.3) is 0 Å². The number of nitrogens with zero attached hydrogens (tertiary/aromatic N) is 2. The number of aliphatic carboxylic acids is 1.